The van der Waals surface area contributed by atoms with Crippen LogP contribution in [0, 0.1) is 0 Å². The second-order valence-electron chi connectivity index (χ2n) is 10.7. The number of fused-ring (bicyclic) bond motifs is 2. The molecule has 1 aromatic heterocycles. The predicted molar refractivity (Wildman–Crippen MR) is 166 cm³/mol. The van der Waals surface area contributed by atoms with Gasteiger partial charge in [0.05, 0.1) is 27.7 Å². The van der Waals surface area contributed by atoms with Gasteiger partial charge in [0.15, 0.2) is 15.0 Å². The monoisotopic (exact) mass is 640 g/mol. The Morgan fingerprint density at radius 1 is 0.930 bits per heavy atom. The zero-order chi connectivity index (χ0) is 30.2. The number of ether oxygens (including phenoxy) is 1. The molecule has 4 aromatic rings. The Morgan fingerprint density at radius 2 is 1.65 bits per heavy atom. The van der Waals surface area contributed by atoms with Gasteiger partial charge in [-0.15, -0.1) is 0 Å². The highest BCUT2D eigenvalue weighted by Gasteiger charge is 2.29. The topological polar surface area (TPSA) is 117 Å². The summed E-state index contributed by atoms with van der Waals surface area (Å²) in [5, 5.41) is 0.382. The summed E-state index contributed by atoms with van der Waals surface area (Å²) in [5.74, 6) is -0.343. The lowest BCUT2D eigenvalue weighted by molar-refractivity contribution is 0.0391. The predicted octanol–water partition coefficient (Wildman–Crippen LogP) is 3.43. The van der Waals surface area contributed by atoms with E-state index in [1.165, 1.54) is 46.0 Å². The Labute approximate surface area is 255 Å². The molecule has 2 aliphatic rings. The molecule has 0 bridgehead atoms. The number of para-hydroxylation sites is 1. The summed E-state index contributed by atoms with van der Waals surface area (Å²) in [4.78, 5) is 22.6. The van der Waals surface area contributed by atoms with Gasteiger partial charge in [0.1, 0.15) is 5.52 Å². The molecule has 0 radical (unpaired) electrons. The van der Waals surface area contributed by atoms with E-state index in [9.17, 15) is 21.6 Å². The van der Waals surface area contributed by atoms with Crippen molar-refractivity contribution in [3.63, 3.8) is 0 Å². The van der Waals surface area contributed by atoms with E-state index in [0.717, 1.165) is 30.5 Å². The number of aromatic nitrogens is 1. The summed E-state index contributed by atoms with van der Waals surface area (Å²) in [6.07, 6.45) is 1.79. The summed E-state index contributed by atoms with van der Waals surface area (Å²) in [7, 11) is -7.29. The first-order chi connectivity index (χ1) is 20.6. The molecular formula is C30H32N4O6S3. The molecule has 0 spiro atoms. The first-order valence-corrected chi connectivity index (χ1v) is 18.1. The van der Waals surface area contributed by atoms with Gasteiger partial charge in [-0.1, -0.05) is 41.7 Å². The van der Waals surface area contributed by atoms with E-state index in [4.69, 9.17) is 4.74 Å². The van der Waals surface area contributed by atoms with Crippen LogP contribution in [0.4, 0.5) is 5.13 Å². The second kappa shape index (κ2) is 12.1. The van der Waals surface area contributed by atoms with Gasteiger partial charge in [0.2, 0.25) is 10.0 Å². The lowest BCUT2D eigenvalue weighted by Crippen LogP contribution is -2.43. The quantitative estimate of drug-likeness (QED) is 0.288. The molecule has 1 amide bonds. The molecule has 3 heterocycles. The lowest BCUT2D eigenvalue weighted by Gasteiger charge is -2.29. The van der Waals surface area contributed by atoms with Crippen molar-refractivity contribution in [2.45, 2.75) is 22.8 Å². The smallest absolute Gasteiger partial charge is 0.260 e. The Balaban J connectivity index is 1.28. The zero-order valence-corrected chi connectivity index (χ0v) is 26.1. The van der Waals surface area contributed by atoms with Crippen LogP contribution < -0.4 is 4.90 Å². The largest absolute Gasteiger partial charge is 0.379 e. The second-order valence-corrected chi connectivity index (χ2v) is 15.6. The first-order valence-electron chi connectivity index (χ1n) is 14.0. The van der Waals surface area contributed by atoms with E-state index < -0.39 is 19.9 Å². The van der Waals surface area contributed by atoms with Crippen LogP contribution in [0.5, 0.6) is 0 Å². The molecule has 0 unspecified atom stereocenters. The third kappa shape index (κ3) is 6.24. The van der Waals surface area contributed by atoms with Crippen molar-refractivity contribution in [2.75, 3.05) is 57.1 Å². The number of morpholine rings is 1. The van der Waals surface area contributed by atoms with E-state index in [1.54, 1.807) is 17.0 Å². The fourth-order valence-corrected chi connectivity index (χ4v) is 8.76. The van der Waals surface area contributed by atoms with Crippen molar-refractivity contribution in [1.29, 1.82) is 0 Å². The first kappa shape index (κ1) is 29.9. The maximum Gasteiger partial charge on any atom is 0.260 e. The number of rotatable bonds is 8. The molecule has 3 aromatic carbocycles. The van der Waals surface area contributed by atoms with Crippen molar-refractivity contribution in [3.05, 3.63) is 83.4 Å². The van der Waals surface area contributed by atoms with Gasteiger partial charge >= 0.3 is 0 Å². The number of anilines is 1. The molecule has 226 valence electrons. The van der Waals surface area contributed by atoms with E-state index in [1.807, 2.05) is 24.3 Å². The van der Waals surface area contributed by atoms with Gasteiger partial charge in [0.25, 0.3) is 5.91 Å². The Bertz CT molecular complexity index is 1870. The van der Waals surface area contributed by atoms with Gasteiger partial charge < -0.3 is 4.74 Å². The van der Waals surface area contributed by atoms with Gasteiger partial charge in [-0.25, -0.2) is 21.8 Å². The molecule has 0 aliphatic carbocycles. The molecule has 43 heavy (non-hydrogen) atoms. The van der Waals surface area contributed by atoms with Gasteiger partial charge in [-0.3, -0.25) is 14.6 Å². The number of benzene rings is 3. The highest BCUT2D eigenvalue weighted by molar-refractivity contribution is 7.91. The van der Waals surface area contributed by atoms with E-state index in [0.29, 0.717) is 66.7 Å². The number of sulfonamides is 1. The van der Waals surface area contributed by atoms with Gasteiger partial charge in [-0.05, 0) is 53.9 Å². The van der Waals surface area contributed by atoms with Crippen molar-refractivity contribution in [3.8, 4) is 0 Å². The maximum atomic E-state index is 13.9. The van der Waals surface area contributed by atoms with Crippen molar-refractivity contribution in [2.24, 2.45) is 0 Å². The molecule has 13 heteroatoms. The minimum absolute atomic E-state index is 0.114. The number of sulfone groups is 1. The molecule has 2 aliphatic heterocycles. The summed E-state index contributed by atoms with van der Waals surface area (Å²) in [5.41, 5.74) is 2.80. The van der Waals surface area contributed by atoms with Gasteiger partial charge in [0, 0.05) is 51.1 Å². The summed E-state index contributed by atoms with van der Waals surface area (Å²) >= 11 is 1.25. The Kier molecular flexibility index (Phi) is 8.37. The SMILES string of the molecule is CS(=O)(=O)c1cccc2sc(N(CCN3CCOCC3)C(=O)c3ccc(S(=O)(=O)N4CCc5ccccc5C4)cc3)nc12. The summed E-state index contributed by atoms with van der Waals surface area (Å²) < 4.78 is 59.4. The number of nitrogens with zero attached hydrogens (tertiary/aromatic N) is 4. The van der Waals surface area contributed by atoms with Crippen molar-refractivity contribution in [1.82, 2.24) is 14.2 Å². The Morgan fingerprint density at radius 3 is 2.37 bits per heavy atom. The van der Waals surface area contributed by atoms with E-state index in [2.05, 4.69) is 9.88 Å². The fourth-order valence-electron chi connectivity index (χ4n) is 5.43. The van der Waals surface area contributed by atoms with Crippen molar-refractivity contribution >= 4 is 52.5 Å². The number of hydrogen-bond donors (Lipinski definition) is 0. The highest BCUT2D eigenvalue weighted by atomic mass is 32.2. The highest BCUT2D eigenvalue weighted by Crippen LogP contribution is 2.33. The van der Waals surface area contributed by atoms with Crippen LogP contribution in [0.25, 0.3) is 10.2 Å². The number of amides is 1. The van der Waals surface area contributed by atoms with Crippen LogP contribution in [-0.2, 0) is 37.6 Å². The Hall–Kier alpha value is -3.20. The number of thiazole rings is 1. The normalized spacial score (nSPS) is 16.7. The zero-order valence-electron chi connectivity index (χ0n) is 23.7. The minimum Gasteiger partial charge on any atom is -0.379 e. The average Bonchev–Trinajstić information content (AvgIpc) is 3.45. The van der Waals surface area contributed by atoms with E-state index >= 15 is 0 Å². The van der Waals surface area contributed by atoms with Crippen LogP contribution in [0.3, 0.4) is 0 Å². The molecule has 1 fully saturated rings. The molecule has 0 N–H and O–H groups in total. The average molecular weight is 641 g/mol. The molecule has 10 nitrogen and oxygen atoms in total. The fraction of sp³-hybridized carbons (Fsp3) is 0.333. The maximum absolute atomic E-state index is 13.9. The van der Waals surface area contributed by atoms with Crippen LogP contribution >= 0.6 is 11.3 Å². The summed E-state index contributed by atoms with van der Waals surface area (Å²) in [6.45, 7) is 4.31. The van der Waals surface area contributed by atoms with Gasteiger partial charge in [-0.2, -0.15) is 4.31 Å². The minimum atomic E-state index is -3.76. The molecule has 0 atom stereocenters. The molecular weight excluding hydrogens is 609 g/mol. The molecule has 6 rings (SSSR count). The molecule has 0 saturated carbocycles. The summed E-state index contributed by atoms with van der Waals surface area (Å²) in [6, 6.07) is 18.8. The van der Waals surface area contributed by atoms with Crippen LogP contribution in [0.15, 0.2) is 76.5 Å². The molecule has 1 saturated heterocycles. The van der Waals surface area contributed by atoms with Crippen LogP contribution in [0.1, 0.15) is 21.5 Å². The van der Waals surface area contributed by atoms with Crippen LogP contribution in [-0.4, -0.2) is 89.1 Å². The third-order valence-electron chi connectivity index (χ3n) is 7.82. The van der Waals surface area contributed by atoms with Crippen molar-refractivity contribution < 1.29 is 26.4 Å². The number of hydrogen-bond acceptors (Lipinski definition) is 9. The standard InChI is InChI=1S/C30H32N4O6S3/c1-42(36,37)27-8-4-7-26-28(27)31-30(41-26)34(16-15-32-17-19-40-20-18-32)29(35)23-9-11-25(12-10-23)43(38,39)33-14-13-22-5-2-3-6-24(22)21-33/h2-12H,13-21H2,1H3. The number of carbonyl (C=O) groups is 1. The van der Waals surface area contributed by atoms with E-state index in [-0.39, 0.29) is 15.7 Å². The third-order valence-corrected chi connectivity index (χ3v) is 11.9. The number of carbonyl (C=O) groups excluding carboxylic acids is 1. The van der Waals surface area contributed by atoms with Crippen LogP contribution in [0.2, 0.25) is 0 Å². The lowest BCUT2D eigenvalue weighted by atomic mass is 10.0.